The molecule has 1 N–H and O–H groups in total. The van der Waals surface area contributed by atoms with E-state index in [0.29, 0.717) is 0 Å². The molecular weight excluding hydrogens is 300 g/mol. The van der Waals surface area contributed by atoms with Gasteiger partial charge in [-0.2, -0.15) is 0 Å². The van der Waals surface area contributed by atoms with Crippen LogP contribution in [0.3, 0.4) is 0 Å². The molecule has 0 aliphatic carbocycles. The van der Waals surface area contributed by atoms with E-state index in [9.17, 15) is 13.2 Å². The van der Waals surface area contributed by atoms with Crippen LogP contribution in [0.1, 0.15) is 33.1 Å². The van der Waals surface area contributed by atoms with Gasteiger partial charge in [0, 0.05) is 19.5 Å². The summed E-state index contributed by atoms with van der Waals surface area (Å²) in [6, 6.07) is 0.251. The van der Waals surface area contributed by atoms with Crippen LogP contribution < -0.4 is 5.32 Å². The average molecular weight is 327 g/mol. The molecule has 1 saturated heterocycles. The van der Waals surface area contributed by atoms with Gasteiger partial charge in [0.25, 0.3) is 0 Å². The van der Waals surface area contributed by atoms with Gasteiger partial charge in [-0.1, -0.05) is 13.8 Å². The first-order chi connectivity index (χ1) is 8.82. The maximum atomic E-state index is 12.0. The van der Waals surface area contributed by atoms with Crippen molar-refractivity contribution in [2.24, 2.45) is 5.92 Å². The van der Waals surface area contributed by atoms with Crippen molar-refractivity contribution >= 4 is 28.2 Å². The molecule has 0 spiro atoms. The predicted octanol–water partition coefficient (Wildman–Crippen LogP) is 1.08. The largest absolute Gasteiger partial charge is 0.343 e. The minimum absolute atomic E-state index is 0. The van der Waals surface area contributed by atoms with E-state index in [1.165, 1.54) is 0 Å². The molecule has 0 aromatic carbocycles. The molecule has 1 aliphatic rings. The molecule has 0 saturated carbocycles. The van der Waals surface area contributed by atoms with Crippen LogP contribution in [0, 0.1) is 5.92 Å². The van der Waals surface area contributed by atoms with Gasteiger partial charge in [0.2, 0.25) is 5.91 Å². The fourth-order valence-electron chi connectivity index (χ4n) is 2.41. The van der Waals surface area contributed by atoms with Crippen LogP contribution in [-0.2, 0) is 14.6 Å². The first kappa shape index (κ1) is 19.7. The first-order valence-corrected chi connectivity index (χ1v) is 8.81. The van der Waals surface area contributed by atoms with Crippen LogP contribution in [0.15, 0.2) is 0 Å². The molecule has 120 valence electrons. The Hall–Kier alpha value is -0.330. The van der Waals surface area contributed by atoms with Crippen molar-refractivity contribution in [2.45, 2.75) is 39.2 Å². The Morgan fingerprint density at radius 2 is 1.85 bits per heavy atom. The minimum Gasteiger partial charge on any atom is -0.343 e. The maximum Gasteiger partial charge on any atom is 0.223 e. The number of carbonyl (C=O) groups is 1. The predicted molar refractivity (Wildman–Crippen MR) is 84.0 cm³/mol. The molecule has 0 aromatic rings. The summed E-state index contributed by atoms with van der Waals surface area (Å²) in [6.45, 7) is 5.60. The van der Waals surface area contributed by atoms with Crippen molar-refractivity contribution in [2.75, 3.05) is 31.6 Å². The molecule has 1 amide bonds. The van der Waals surface area contributed by atoms with Crippen molar-refractivity contribution < 1.29 is 13.2 Å². The summed E-state index contributed by atoms with van der Waals surface area (Å²) in [5, 5.41) is 3.25. The monoisotopic (exact) mass is 326 g/mol. The Kier molecular flexibility index (Phi) is 8.70. The molecule has 0 unspecified atom stereocenters. The zero-order valence-electron chi connectivity index (χ0n) is 12.6. The standard InChI is InChI=1S/C13H26N2O3S.ClH/c1-11(2)10-19(17,18)9-6-13(16)15(3)12-4-7-14-8-5-12;/h11-12,14H,4-10H2,1-3H3;1H. The van der Waals surface area contributed by atoms with E-state index in [1.807, 2.05) is 13.8 Å². The summed E-state index contributed by atoms with van der Waals surface area (Å²) >= 11 is 0. The smallest absolute Gasteiger partial charge is 0.223 e. The first-order valence-electron chi connectivity index (χ1n) is 6.98. The number of hydrogen-bond acceptors (Lipinski definition) is 4. The minimum atomic E-state index is -3.10. The summed E-state index contributed by atoms with van der Waals surface area (Å²) in [5.41, 5.74) is 0. The number of amides is 1. The number of nitrogens with one attached hydrogen (secondary N) is 1. The fraction of sp³-hybridized carbons (Fsp3) is 0.923. The molecule has 7 heteroatoms. The highest BCUT2D eigenvalue weighted by atomic mass is 35.5. The van der Waals surface area contributed by atoms with E-state index >= 15 is 0 Å². The van der Waals surface area contributed by atoms with Gasteiger partial charge >= 0.3 is 0 Å². The van der Waals surface area contributed by atoms with E-state index in [2.05, 4.69) is 5.32 Å². The van der Waals surface area contributed by atoms with Crippen LogP contribution in [0.4, 0.5) is 0 Å². The fourth-order valence-corrected chi connectivity index (χ4v) is 4.08. The van der Waals surface area contributed by atoms with E-state index in [4.69, 9.17) is 0 Å². The molecular formula is C13H27ClN2O3S. The summed E-state index contributed by atoms with van der Waals surface area (Å²) < 4.78 is 23.5. The molecule has 0 atom stereocenters. The van der Waals surface area contributed by atoms with E-state index in [0.717, 1.165) is 25.9 Å². The van der Waals surface area contributed by atoms with Gasteiger partial charge in [0.1, 0.15) is 0 Å². The van der Waals surface area contributed by atoms with Crippen LogP contribution in [0.2, 0.25) is 0 Å². The molecule has 5 nitrogen and oxygen atoms in total. The second kappa shape index (κ2) is 8.85. The Bertz CT molecular complexity index is 392. The molecule has 1 fully saturated rings. The number of halogens is 1. The summed E-state index contributed by atoms with van der Waals surface area (Å²) in [5.74, 6) is 0.193. The zero-order chi connectivity index (χ0) is 14.5. The van der Waals surface area contributed by atoms with Crippen LogP contribution in [0.25, 0.3) is 0 Å². The highest BCUT2D eigenvalue weighted by Gasteiger charge is 2.23. The molecule has 1 heterocycles. The van der Waals surface area contributed by atoms with Gasteiger partial charge < -0.3 is 10.2 Å². The Balaban J connectivity index is 0.00000361. The van der Waals surface area contributed by atoms with Crippen molar-refractivity contribution in [3.63, 3.8) is 0 Å². The number of sulfone groups is 1. The number of piperidine rings is 1. The second-order valence-electron chi connectivity index (χ2n) is 5.74. The highest BCUT2D eigenvalue weighted by molar-refractivity contribution is 7.91. The van der Waals surface area contributed by atoms with Gasteiger partial charge in [-0.3, -0.25) is 4.79 Å². The summed E-state index contributed by atoms with van der Waals surface area (Å²) in [4.78, 5) is 13.7. The third-order valence-electron chi connectivity index (χ3n) is 3.46. The SMILES string of the molecule is CC(C)CS(=O)(=O)CCC(=O)N(C)C1CCNCC1.Cl. The maximum absolute atomic E-state index is 12.0. The molecule has 20 heavy (non-hydrogen) atoms. The lowest BCUT2D eigenvalue weighted by atomic mass is 10.1. The third kappa shape index (κ3) is 6.90. The molecule has 0 bridgehead atoms. The number of carbonyl (C=O) groups excluding carboxylic acids is 1. The summed E-state index contributed by atoms with van der Waals surface area (Å²) in [7, 11) is -1.31. The molecule has 1 rings (SSSR count). The summed E-state index contributed by atoms with van der Waals surface area (Å²) in [6.07, 6.45) is 2.00. The Morgan fingerprint density at radius 1 is 1.30 bits per heavy atom. The highest BCUT2D eigenvalue weighted by Crippen LogP contribution is 2.12. The van der Waals surface area contributed by atoms with Crippen LogP contribution in [-0.4, -0.2) is 56.9 Å². The lowest BCUT2D eigenvalue weighted by Gasteiger charge is -2.31. The van der Waals surface area contributed by atoms with Gasteiger partial charge in [0.15, 0.2) is 9.84 Å². The average Bonchev–Trinajstić information content (AvgIpc) is 2.34. The number of nitrogens with zero attached hydrogens (tertiary/aromatic N) is 1. The van der Waals surface area contributed by atoms with Crippen molar-refractivity contribution in [3.8, 4) is 0 Å². The van der Waals surface area contributed by atoms with Gasteiger partial charge in [-0.05, 0) is 31.8 Å². The lowest BCUT2D eigenvalue weighted by Crippen LogP contribution is -2.44. The van der Waals surface area contributed by atoms with Gasteiger partial charge in [-0.15, -0.1) is 12.4 Å². The lowest BCUT2D eigenvalue weighted by molar-refractivity contribution is -0.132. The van der Waals surface area contributed by atoms with E-state index < -0.39 is 9.84 Å². The number of hydrogen-bond donors (Lipinski definition) is 1. The second-order valence-corrected chi connectivity index (χ2v) is 7.97. The van der Waals surface area contributed by atoms with Crippen molar-refractivity contribution in [1.82, 2.24) is 10.2 Å². The third-order valence-corrected chi connectivity index (χ3v) is 5.46. The van der Waals surface area contributed by atoms with E-state index in [-0.39, 0.29) is 48.2 Å². The topological polar surface area (TPSA) is 66.5 Å². The van der Waals surface area contributed by atoms with Crippen molar-refractivity contribution in [1.29, 1.82) is 0 Å². The zero-order valence-corrected chi connectivity index (χ0v) is 14.2. The van der Waals surface area contributed by atoms with Crippen molar-refractivity contribution in [3.05, 3.63) is 0 Å². The van der Waals surface area contributed by atoms with Crippen LogP contribution >= 0.6 is 12.4 Å². The molecule has 1 aliphatic heterocycles. The normalized spacial score (nSPS) is 16.8. The number of rotatable bonds is 6. The molecule has 0 radical (unpaired) electrons. The quantitative estimate of drug-likeness (QED) is 0.793. The van der Waals surface area contributed by atoms with Crippen LogP contribution in [0.5, 0.6) is 0 Å². The Morgan fingerprint density at radius 3 is 2.35 bits per heavy atom. The molecule has 0 aromatic heterocycles. The van der Waals surface area contributed by atoms with Gasteiger partial charge in [0.05, 0.1) is 11.5 Å². The Labute approximate surface area is 128 Å². The van der Waals surface area contributed by atoms with E-state index in [1.54, 1.807) is 11.9 Å². The van der Waals surface area contributed by atoms with Gasteiger partial charge in [-0.25, -0.2) is 8.42 Å².